The van der Waals surface area contributed by atoms with Crippen LogP contribution >= 0.6 is 23.2 Å². The molecule has 1 N–H and O–H groups in total. The van der Waals surface area contributed by atoms with Crippen molar-refractivity contribution in [1.29, 1.82) is 0 Å². The molecule has 1 atom stereocenters. The molecule has 0 aromatic heterocycles. The molecule has 7 nitrogen and oxygen atoms in total. The number of carbonyl (C=O) groups excluding carboxylic acids is 2. The number of halogens is 5. The van der Waals surface area contributed by atoms with Gasteiger partial charge in [0.05, 0.1) is 27.6 Å². The largest absolute Gasteiger partial charge is 0.416 e. The Labute approximate surface area is 259 Å². The van der Waals surface area contributed by atoms with Crippen LogP contribution in [0.4, 0.5) is 18.9 Å². The minimum Gasteiger partial charge on any atom is -0.354 e. The summed E-state index contributed by atoms with van der Waals surface area (Å²) < 4.78 is 66.6. The fourth-order valence-electron chi connectivity index (χ4n) is 4.26. The Bertz CT molecular complexity index is 1540. The number of nitrogens with zero attached hydrogens (tertiary/aromatic N) is 2. The molecule has 0 saturated heterocycles. The van der Waals surface area contributed by atoms with E-state index in [0.717, 1.165) is 24.0 Å². The Morgan fingerprint density at radius 1 is 0.907 bits per heavy atom. The van der Waals surface area contributed by atoms with Gasteiger partial charge in [-0.25, -0.2) is 8.42 Å². The van der Waals surface area contributed by atoms with E-state index in [1.54, 1.807) is 36.4 Å². The third kappa shape index (κ3) is 9.87. The molecule has 0 spiro atoms. The lowest BCUT2D eigenvalue weighted by Crippen LogP contribution is -2.53. The van der Waals surface area contributed by atoms with Crippen LogP contribution in [0.1, 0.15) is 30.5 Å². The highest BCUT2D eigenvalue weighted by Gasteiger charge is 2.35. The van der Waals surface area contributed by atoms with Gasteiger partial charge in [-0.1, -0.05) is 79.5 Å². The molecule has 3 aromatic rings. The molecule has 0 heterocycles. The number of benzene rings is 3. The molecule has 0 unspecified atom stereocenters. The maximum atomic E-state index is 14.0. The number of alkyl halides is 3. The van der Waals surface area contributed by atoms with Crippen molar-refractivity contribution in [3.8, 4) is 0 Å². The van der Waals surface area contributed by atoms with Gasteiger partial charge in [0.1, 0.15) is 12.6 Å². The van der Waals surface area contributed by atoms with Crippen molar-refractivity contribution in [2.75, 3.05) is 23.7 Å². The van der Waals surface area contributed by atoms with Gasteiger partial charge < -0.3 is 10.2 Å². The maximum Gasteiger partial charge on any atom is 0.416 e. The predicted molar refractivity (Wildman–Crippen MR) is 162 cm³/mol. The highest BCUT2D eigenvalue weighted by atomic mass is 35.5. The van der Waals surface area contributed by atoms with Crippen LogP contribution in [-0.4, -0.2) is 50.5 Å². The van der Waals surface area contributed by atoms with Gasteiger partial charge in [0, 0.05) is 19.5 Å². The van der Waals surface area contributed by atoms with Crippen LogP contribution in [0.15, 0.2) is 72.8 Å². The normalized spacial score (nSPS) is 12.6. The minimum absolute atomic E-state index is 0.0836. The van der Waals surface area contributed by atoms with Crippen LogP contribution in [0.25, 0.3) is 0 Å². The number of carbonyl (C=O) groups is 2. The number of hydrogen-bond donors (Lipinski definition) is 1. The molecule has 0 bridgehead atoms. The fraction of sp³-hybridized carbons (Fsp3) is 0.333. The summed E-state index contributed by atoms with van der Waals surface area (Å²) in [5.41, 5.74) is -0.183. The van der Waals surface area contributed by atoms with Crippen molar-refractivity contribution >= 4 is 50.7 Å². The molecular formula is C30H32Cl2F3N3O4S. The lowest BCUT2D eigenvalue weighted by molar-refractivity contribution is -0.140. The second kappa shape index (κ2) is 14.5. The quantitative estimate of drug-likeness (QED) is 0.252. The summed E-state index contributed by atoms with van der Waals surface area (Å²) in [6.07, 6.45) is -3.86. The van der Waals surface area contributed by atoms with Crippen molar-refractivity contribution in [2.45, 2.75) is 39.0 Å². The van der Waals surface area contributed by atoms with Crippen LogP contribution in [0.3, 0.4) is 0 Å². The Morgan fingerprint density at radius 3 is 2.16 bits per heavy atom. The average Bonchev–Trinajstić information content (AvgIpc) is 2.93. The third-order valence-corrected chi connectivity index (χ3v) is 8.31. The average molecular weight is 659 g/mol. The molecule has 0 aliphatic carbocycles. The molecule has 0 aliphatic rings. The van der Waals surface area contributed by atoms with Crippen LogP contribution in [0.2, 0.25) is 10.0 Å². The lowest BCUT2D eigenvalue weighted by atomic mass is 10.0. The second-order valence-electron chi connectivity index (χ2n) is 10.4. The van der Waals surface area contributed by atoms with Gasteiger partial charge in [0.25, 0.3) is 0 Å². The van der Waals surface area contributed by atoms with Crippen LogP contribution < -0.4 is 9.62 Å². The molecule has 0 saturated carbocycles. The van der Waals surface area contributed by atoms with Crippen molar-refractivity contribution in [2.24, 2.45) is 5.92 Å². The number of sulfonamides is 1. The molecule has 232 valence electrons. The van der Waals surface area contributed by atoms with E-state index < -0.39 is 46.2 Å². The van der Waals surface area contributed by atoms with Crippen molar-refractivity contribution in [3.05, 3.63) is 99.5 Å². The van der Waals surface area contributed by atoms with Crippen LogP contribution in [0, 0.1) is 5.92 Å². The second-order valence-corrected chi connectivity index (χ2v) is 13.2. The van der Waals surface area contributed by atoms with E-state index >= 15 is 0 Å². The standard InChI is InChI=1S/C30H32Cl2F3N3O4S/c1-20(2)17-36-29(40)27(15-21-8-5-4-6-9-21)37(18-22-12-13-25(31)26(32)14-22)28(39)19-38(43(3,41)42)24-11-7-10-23(16-24)30(33,34)35/h4-14,16,20,27H,15,17-19H2,1-3H3,(H,36,40)/t27-/m1/s1. The maximum absolute atomic E-state index is 14.0. The van der Waals surface area contributed by atoms with E-state index in [-0.39, 0.29) is 34.6 Å². The van der Waals surface area contributed by atoms with E-state index in [0.29, 0.717) is 22.5 Å². The van der Waals surface area contributed by atoms with E-state index in [4.69, 9.17) is 23.2 Å². The van der Waals surface area contributed by atoms with E-state index in [2.05, 4.69) is 5.32 Å². The zero-order valence-corrected chi connectivity index (χ0v) is 26.1. The molecule has 3 aromatic carbocycles. The van der Waals surface area contributed by atoms with Crippen LogP contribution in [0.5, 0.6) is 0 Å². The van der Waals surface area contributed by atoms with E-state index in [1.165, 1.54) is 23.1 Å². The highest BCUT2D eigenvalue weighted by molar-refractivity contribution is 7.92. The Morgan fingerprint density at radius 2 is 1.58 bits per heavy atom. The smallest absolute Gasteiger partial charge is 0.354 e. The molecule has 3 rings (SSSR count). The Hall–Kier alpha value is -3.28. The first-order chi connectivity index (χ1) is 20.1. The predicted octanol–water partition coefficient (Wildman–Crippen LogP) is 6.19. The summed E-state index contributed by atoms with van der Waals surface area (Å²) in [5, 5.41) is 3.32. The van der Waals surface area contributed by atoms with Crippen LogP contribution in [-0.2, 0) is 38.8 Å². The van der Waals surface area contributed by atoms with Gasteiger partial charge in [-0.2, -0.15) is 13.2 Å². The van der Waals surface area contributed by atoms with E-state index in [9.17, 15) is 31.2 Å². The minimum atomic E-state index is -4.74. The van der Waals surface area contributed by atoms with Gasteiger partial charge in [-0.05, 0) is 47.4 Å². The molecule has 2 amide bonds. The Kier molecular flexibility index (Phi) is 11.5. The number of amides is 2. The summed E-state index contributed by atoms with van der Waals surface area (Å²) >= 11 is 12.3. The topological polar surface area (TPSA) is 86.8 Å². The lowest BCUT2D eigenvalue weighted by Gasteiger charge is -2.33. The highest BCUT2D eigenvalue weighted by Crippen LogP contribution is 2.32. The molecule has 13 heteroatoms. The third-order valence-electron chi connectivity index (χ3n) is 6.43. The van der Waals surface area contributed by atoms with Gasteiger partial charge >= 0.3 is 6.18 Å². The molecule has 0 fully saturated rings. The number of nitrogens with one attached hydrogen (secondary N) is 1. The monoisotopic (exact) mass is 657 g/mol. The number of hydrogen-bond acceptors (Lipinski definition) is 4. The fourth-order valence-corrected chi connectivity index (χ4v) is 5.42. The summed E-state index contributed by atoms with van der Waals surface area (Å²) in [5.74, 6) is -1.19. The van der Waals surface area contributed by atoms with Crippen molar-refractivity contribution < 1.29 is 31.2 Å². The molecule has 0 radical (unpaired) electrons. The summed E-state index contributed by atoms with van der Waals surface area (Å²) in [7, 11) is -4.24. The zero-order chi connectivity index (χ0) is 31.9. The van der Waals surface area contributed by atoms with E-state index in [1.807, 2.05) is 13.8 Å². The number of anilines is 1. The summed E-state index contributed by atoms with van der Waals surface area (Å²) in [4.78, 5) is 28.9. The number of rotatable bonds is 12. The summed E-state index contributed by atoms with van der Waals surface area (Å²) in [6.45, 7) is 3.11. The first-order valence-corrected chi connectivity index (χ1v) is 15.9. The summed E-state index contributed by atoms with van der Waals surface area (Å²) in [6, 6.07) is 16.2. The SMILES string of the molecule is CC(C)CNC(=O)[C@@H](Cc1ccccc1)N(Cc1ccc(Cl)c(Cl)c1)C(=O)CN(c1cccc(C(F)(F)F)c1)S(C)(=O)=O. The first-order valence-electron chi connectivity index (χ1n) is 13.3. The molecular weight excluding hydrogens is 626 g/mol. The van der Waals surface area contributed by atoms with Gasteiger partial charge in [0.15, 0.2) is 0 Å². The Balaban J connectivity index is 2.09. The molecule has 0 aliphatic heterocycles. The van der Waals surface area contributed by atoms with Gasteiger partial charge in [-0.3, -0.25) is 13.9 Å². The zero-order valence-electron chi connectivity index (χ0n) is 23.7. The van der Waals surface area contributed by atoms with Crippen molar-refractivity contribution in [1.82, 2.24) is 10.2 Å². The first kappa shape index (κ1) is 34.2. The molecule has 43 heavy (non-hydrogen) atoms. The van der Waals surface area contributed by atoms with Gasteiger partial charge in [0.2, 0.25) is 21.8 Å². The van der Waals surface area contributed by atoms with Gasteiger partial charge in [-0.15, -0.1) is 0 Å². The van der Waals surface area contributed by atoms with Crippen molar-refractivity contribution in [3.63, 3.8) is 0 Å².